The molecule has 2 unspecified atom stereocenters. The van der Waals surface area contributed by atoms with Crippen LogP contribution in [0.5, 0.6) is 0 Å². The van der Waals surface area contributed by atoms with Crippen molar-refractivity contribution >= 4 is 5.97 Å². The average Bonchev–Trinajstić information content (AvgIpc) is 3.17. The van der Waals surface area contributed by atoms with Crippen molar-refractivity contribution in [2.75, 3.05) is 32.9 Å². The van der Waals surface area contributed by atoms with Crippen LogP contribution in [0.15, 0.2) is 0 Å². The monoisotopic (exact) mass is 282 g/mol. The summed E-state index contributed by atoms with van der Waals surface area (Å²) in [5.74, 6) is -0.0392. The highest BCUT2D eigenvalue weighted by molar-refractivity contribution is 5.81. The highest BCUT2D eigenvalue weighted by Crippen LogP contribution is 2.37. The molecule has 0 aromatic carbocycles. The molecule has 1 saturated heterocycles. The lowest BCUT2D eigenvalue weighted by molar-refractivity contribution is -0.151. The molecule has 5 nitrogen and oxygen atoms in total. The van der Waals surface area contributed by atoms with Crippen molar-refractivity contribution in [3.63, 3.8) is 0 Å². The molecular formula is C15H26N2O3. The number of hydrogen-bond donors (Lipinski definition) is 1. The fourth-order valence-corrected chi connectivity index (χ4v) is 3.54. The lowest BCUT2D eigenvalue weighted by Gasteiger charge is -2.34. The highest BCUT2D eigenvalue weighted by Gasteiger charge is 2.50. The van der Waals surface area contributed by atoms with Gasteiger partial charge in [-0.2, -0.15) is 0 Å². The van der Waals surface area contributed by atoms with E-state index in [-0.39, 0.29) is 5.97 Å². The molecule has 1 aliphatic heterocycles. The zero-order chi connectivity index (χ0) is 14.0. The van der Waals surface area contributed by atoms with Crippen molar-refractivity contribution < 1.29 is 14.3 Å². The normalized spacial score (nSPS) is 35.1. The third-order valence-corrected chi connectivity index (χ3v) is 4.77. The molecule has 114 valence electrons. The molecule has 0 amide bonds. The molecule has 2 atom stereocenters. The van der Waals surface area contributed by atoms with Crippen molar-refractivity contribution in [1.82, 2.24) is 10.2 Å². The SMILES string of the molecule is CCOC(=O)C1(NC2CC2)CCC(N2CCOCC2)C1. The minimum absolute atomic E-state index is 0.0392. The smallest absolute Gasteiger partial charge is 0.326 e. The zero-order valence-corrected chi connectivity index (χ0v) is 12.4. The van der Waals surface area contributed by atoms with Gasteiger partial charge in [-0.05, 0) is 39.0 Å². The van der Waals surface area contributed by atoms with Gasteiger partial charge in [0.2, 0.25) is 0 Å². The first-order chi connectivity index (χ1) is 9.73. The number of nitrogens with zero attached hydrogens (tertiary/aromatic N) is 1. The van der Waals surface area contributed by atoms with Crippen LogP contribution >= 0.6 is 0 Å². The quantitative estimate of drug-likeness (QED) is 0.760. The fourth-order valence-electron chi connectivity index (χ4n) is 3.54. The standard InChI is InChI=1S/C15H26N2O3/c1-2-20-14(18)15(16-12-3-4-12)6-5-13(11-15)17-7-9-19-10-8-17/h12-13,16H,2-11H2,1H3. The molecule has 3 aliphatic rings. The third-order valence-electron chi connectivity index (χ3n) is 4.77. The van der Waals surface area contributed by atoms with E-state index < -0.39 is 5.54 Å². The molecule has 1 N–H and O–H groups in total. The highest BCUT2D eigenvalue weighted by atomic mass is 16.5. The summed E-state index contributed by atoms with van der Waals surface area (Å²) in [6.45, 7) is 5.98. The van der Waals surface area contributed by atoms with E-state index in [2.05, 4.69) is 10.2 Å². The first-order valence-corrected chi connectivity index (χ1v) is 8.00. The van der Waals surface area contributed by atoms with Gasteiger partial charge in [-0.15, -0.1) is 0 Å². The molecule has 0 spiro atoms. The van der Waals surface area contributed by atoms with Crippen molar-refractivity contribution in [3.8, 4) is 0 Å². The summed E-state index contributed by atoms with van der Waals surface area (Å²) in [5.41, 5.74) is -0.430. The van der Waals surface area contributed by atoms with Crippen LogP contribution in [0, 0.1) is 0 Å². The minimum Gasteiger partial charge on any atom is -0.465 e. The second-order valence-corrected chi connectivity index (χ2v) is 6.27. The molecule has 20 heavy (non-hydrogen) atoms. The van der Waals surface area contributed by atoms with Gasteiger partial charge in [0.1, 0.15) is 5.54 Å². The Morgan fingerprint density at radius 2 is 2.10 bits per heavy atom. The van der Waals surface area contributed by atoms with Crippen molar-refractivity contribution in [2.45, 2.75) is 56.7 Å². The Morgan fingerprint density at radius 1 is 1.35 bits per heavy atom. The van der Waals surface area contributed by atoms with E-state index in [1.807, 2.05) is 6.92 Å². The Bertz CT molecular complexity index is 353. The maximum atomic E-state index is 12.4. The molecular weight excluding hydrogens is 256 g/mol. The van der Waals surface area contributed by atoms with Crippen LogP contribution in [0.3, 0.4) is 0 Å². The van der Waals surface area contributed by atoms with E-state index >= 15 is 0 Å². The largest absolute Gasteiger partial charge is 0.465 e. The molecule has 0 radical (unpaired) electrons. The van der Waals surface area contributed by atoms with E-state index in [1.165, 1.54) is 12.8 Å². The summed E-state index contributed by atoms with van der Waals surface area (Å²) in [6.07, 6.45) is 5.28. The Labute approximate surface area is 121 Å². The Hall–Kier alpha value is -0.650. The lowest BCUT2D eigenvalue weighted by atomic mass is 9.96. The molecule has 2 saturated carbocycles. The van der Waals surface area contributed by atoms with Gasteiger partial charge in [-0.3, -0.25) is 15.0 Å². The predicted octanol–water partition coefficient (Wildman–Crippen LogP) is 0.925. The van der Waals surface area contributed by atoms with Crippen molar-refractivity contribution in [3.05, 3.63) is 0 Å². The van der Waals surface area contributed by atoms with Gasteiger partial charge in [-0.25, -0.2) is 0 Å². The number of rotatable bonds is 5. The Kier molecular flexibility index (Phi) is 4.29. The summed E-state index contributed by atoms with van der Waals surface area (Å²) in [4.78, 5) is 14.9. The van der Waals surface area contributed by atoms with Crippen molar-refractivity contribution in [1.29, 1.82) is 0 Å². The van der Waals surface area contributed by atoms with Crippen LogP contribution in [0.25, 0.3) is 0 Å². The molecule has 3 fully saturated rings. The summed E-state index contributed by atoms with van der Waals surface area (Å²) in [7, 11) is 0. The van der Waals surface area contributed by atoms with Crippen LogP contribution in [-0.2, 0) is 14.3 Å². The van der Waals surface area contributed by atoms with Crippen LogP contribution in [0.2, 0.25) is 0 Å². The summed E-state index contributed by atoms with van der Waals surface area (Å²) in [6, 6.07) is 1.03. The summed E-state index contributed by atoms with van der Waals surface area (Å²) < 4.78 is 10.8. The van der Waals surface area contributed by atoms with Crippen LogP contribution < -0.4 is 5.32 Å². The van der Waals surface area contributed by atoms with E-state index in [1.54, 1.807) is 0 Å². The topological polar surface area (TPSA) is 50.8 Å². The van der Waals surface area contributed by atoms with Crippen LogP contribution in [0.4, 0.5) is 0 Å². The van der Waals surface area contributed by atoms with Crippen LogP contribution in [0.1, 0.15) is 39.0 Å². The zero-order valence-electron chi connectivity index (χ0n) is 12.4. The van der Waals surface area contributed by atoms with E-state index in [4.69, 9.17) is 9.47 Å². The first-order valence-electron chi connectivity index (χ1n) is 8.00. The number of esters is 1. The van der Waals surface area contributed by atoms with Crippen LogP contribution in [-0.4, -0.2) is 61.4 Å². The van der Waals surface area contributed by atoms with Gasteiger partial charge in [0.15, 0.2) is 0 Å². The van der Waals surface area contributed by atoms with Crippen molar-refractivity contribution in [2.24, 2.45) is 0 Å². The van der Waals surface area contributed by atoms with Gasteiger partial charge in [0.25, 0.3) is 0 Å². The third kappa shape index (κ3) is 3.00. The fraction of sp³-hybridized carbons (Fsp3) is 0.933. The van der Waals surface area contributed by atoms with E-state index in [0.29, 0.717) is 18.7 Å². The maximum absolute atomic E-state index is 12.4. The first kappa shape index (κ1) is 14.3. The Morgan fingerprint density at radius 3 is 2.75 bits per heavy atom. The van der Waals surface area contributed by atoms with Gasteiger partial charge >= 0.3 is 5.97 Å². The minimum atomic E-state index is -0.430. The number of ether oxygens (including phenoxy) is 2. The number of morpholine rings is 1. The number of nitrogens with one attached hydrogen (secondary N) is 1. The lowest BCUT2D eigenvalue weighted by Crippen LogP contribution is -2.53. The molecule has 1 heterocycles. The van der Waals surface area contributed by atoms with Gasteiger partial charge in [0, 0.05) is 25.2 Å². The van der Waals surface area contributed by atoms with Gasteiger partial charge in [-0.1, -0.05) is 0 Å². The number of carbonyl (C=O) groups excluding carboxylic acids is 1. The molecule has 0 aromatic heterocycles. The average molecular weight is 282 g/mol. The molecule has 2 aliphatic carbocycles. The second kappa shape index (κ2) is 6.00. The number of carbonyl (C=O) groups is 1. The second-order valence-electron chi connectivity index (χ2n) is 6.27. The van der Waals surface area contributed by atoms with E-state index in [9.17, 15) is 4.79 Å². The molecule has 5 heteroatoms. The molecule has 0 aromatic rings. The van der Waals surface area contributed by atoms with Gasteiger partial charge in [0.05, 0.1) is 19.8 Å². The molecule has 3 rings (SSSR count). The number of hydrogen-bond acceptors (Lipinski definition) is 5. The summed E-state index contributed by atoms with van der Waals surface area (Å²) in [5, 5.41) is 3.59. The Balaban J connectivity index is 1.66. The van der Waals surface area contributed by atoms with E-state index in [0.717, 1.165) is 45.6 Å². The van der Waals surface area contributed by atoms with Gasteiger partial charge < -0.3 is 9.47 Å². The maximum Gasteiger partial charge on any atom is 0.326 e. The molecule has 0 bridgehead atoms. The summed E-state index contributed by atoms with van der Waals surface area (Å²) >= 11 is 0. The predicted molar refractivity (Wildman–Crippen MR) is 75.6 cm³/mol.